The zero-order valence-electron chi connectivity index (χ0n) is 12.8. The Hall–Kier alpha value is -0.650. The highest BCUT2D eigenvalue weighted by Gasteiger charge is 2.22. The Morgan fingerprint density at radius 1 is 1.32 bits per heavy atom. The third-order valence-electron chi connectivity index (χ3n) is 4.27. The van der Waals surface area contributed by atoms with E-state index >= 15 is 0 Å². The summed E-state index contributed by atoms with van der Waals surface area (Å²) in [5.74, 6) is 2.87. The van der Waals surface area contributed by atoms with Gasteiger partial charge in [-0.3, -0.25) is 10.1 Å². The largest absolute Gasteiger partial charge is 0.325 e. The van der Waals surface area contributed by atoms with E-state index in [1.807, 2.05) is 12.1 Å². The molecular formula is C17H24N2OS2. The van der Waals surface area contributed by atoms with E-state index in [1.54, 1.807) is 11.8 Å². The number of hydrogen-bond acceptors (Lipinski definition) is 4. The fourth-order valence-electron chi connectivity index (χ4n) is 2.98. The molecule has 22 heavy (non-hydrogen) atoms. The lowest BCUT2D eigenvalue weighted by Gasteiger charge is -2.21. The molecule has 1 heterocycles. The van der Waals surface area contributed by atoms with Crippen LogP contribution in [0.1, 0.15) is 37.7 Å². The molecule has 1 atom stereocenters. The summed E-state index contributed by atoms with van der Waals surface area (Å²) < 4.78 is 0. The molecule has 1 aromatic carbocycles. The quantitative estimate of drug-likeness (QED) is 0.857. The molecule has 1 saturated carbocycles. The maximum absolute atomic E-state index is 12.1. The maximum atomic E-state index is 12.1. The SMILES string of the molecule is O=C(Nc1cccc(CSC2CCCCC2)c1)C1CSCN1. The predicted octanol–water partition coefficient (Wildman–Crippen LogP) is 3.85. The van der Waals surface area contributed by atoms with Crippen molar-refractivity contribution in [1.82, 2.24) is 5.32 Å². The highest BCUT2D eigenvalue weighted by molar-refractivity contribution is 7.99. The minimum atomic E-state index is -0.0507. The van der Waals surface area contributed by atoms with Gasteiger partial charge in [-0.2, -0.15) is 11.8 Å². The molecule has 1 unspecified atom stereocenters. The van der Waals surface area contributed by atoms with Crippen LogP contribution in [-0.2, 0) is 10.5 Å². The highest BCUT2D eigenvalue weighted by atomic mass is 32.2. The van der Waals surface area contributed by atoms with Crippen molar-refractivity contribution in [1.29, 1.82) is 0 Å². The molecule has 0 radical (unpaired) electrons. The normalized spacial score (nSPS) is 22.6. The molecule has 0 spiro atoms. The second kappa shape index (κ2) is 8.27. The van der Waals surface area contributed by atoms with Crippen molar-refractivity contribution in [3.8, 4) is 0 Å². The first kappa shape index (κ1) is 16.2. The first-order valence-electron chi connectivity index (χ1n) is 8.14. The minimum absolute atomic E-state index is 0.0507. The van der Waals surface area contributed by atoms with Gasteiger partial charge in [-0.05, 0) is 30.5 Å². The lowest BCUT2D eigenvalue weighted by atomic mass is 10.0. The standard InChI is InChI=1S/C17H24N2OS2/c20-17(16-11-21-12-18-16)19-14-6-4-5-13(9-14)10-22-15-7-2-1-3-8-15/h4-6,9,15-16,18H,1-3,7-8,10-12H2,(H,19,20). The van der Waals surface area contributed by atoms with Crippen molar-refractivity contribution in [2.45, 2.75) is 49.1 Å². The van der Waals surface area contributed by atoms with E-state index in [2.05, 4.69) is 34.5 Å². The number of hydrogen-bond donors (Lipinski definition) is 2. The second-order valence-electron chi connectivity index (χ2n) is 6.03. The van der Waals surface area contributed by atoms with Crippen molar-refractivity contribution in [3.63, 3.8) is 0 Å². The number of carbonyl (C=O) groups is 1. The van der Waals surface area contributed by atoms with Crippen LogP contribution in [0.5, 0.6) is 0 Å². The number of thioether (sulfide) groups is 2. The summed E-state index contributed by atoms with van der Waals surface area (Å²) in [4.78, 5) is 12.1. The molecule has 120 valence electrons. The third-order valence-corrected chi connectivity index (χ3v) is 6.65. The summed E-state index contributed by atoms with van der Waals surface area (Å²) in [6.07, 6.45) is 6.92. The molecule has 1 aromatic rings. The Bertz CT molecular complexity index is 497. The first-order chi connectivity index (χ1) is 10.8. The Labute approximate surface area is 141 Å². The summed E-state index contributed by atoms with van der Waals surface area (Å²) in [6.45, 7) is 0. The van der Waals surface area contributed by atoms with Crippen molar-refractivity contribution < 1.29 is 4.79 Å². The second-order valence-corrected chi connectivity index (χ2v) is 8.35. The number of carbonyl (C=O) groups excluding carboxylic acids is 1. The van der Waals surface area contributed by atoms with E-state index in [0.717, 1.165) is 28.3 Å². The van der Waals surface area contributed by atoms with Crippen molar-refractivity contribution in [2.75, 3.05) is 16.9 Å². The molecule has 1 saturated heterocycles. The summed E-state index contributed by atoms with van der Waals surface area (Å²) in [5.41, 5.74) is 2.23. The van der Waals surface area contributed by atoms with E-state index in [0.29, 0.717) is 0 Å². The van der Waals surface area contributed by atoms with Crippen LogP contribution in [-0.4, -0.2) is 28.8 Å². The molecule has 2 fully saturated rings. The smallest absolute Gasteiger partial charge is 0.242 e. The van der Waals surface area contributed by atoms with Gasteiger partial charge in [0.05, 0.1) is 6.04 Å². The van der Waals surface area contributed by atoms with Crippen LogP contribution in [0.2, 0.25) is 0 Å². The van der Waals surface area contributed by atoms with Gasteiger partial charge in [-0.1, -0.05) is 31.4 Å². The van der Waals surface area contributed by atoms with E-state index in [9.17, 15) is 4.79 Å². The van der Waals surface area contributed by atoms with Gasteiger partial charge in [0.15, 0.2) is 0 Å². The average molecular weight is 337 g/mol. The van der Waals surface area contributed by atoms with Crippen LogP contribution < -0.4 is 10.6 Å². The molecule has 3 rings (SSSR count). The van der Waals surface area contributed by atoms with Gasteiger partial charge in [0.2, 0.25) is 5.91 Å². The summed E-state index contributed by atoms with van der Waals surface area (Å²) >= 11 is 3.85. The first-order valence-corrected chi connectivity index (χ1v) is 10.3. The van der Waals surface area contributed by atoms with Gasteiger partial charge < -0.3 is 5.32 Å². The summed E-state index contributed by atoms with van der Waals surface area (Å²) in [7, 11) is 0. The Balaban J connectivity index is 1.51. The van der Waals surface area contributed by atoms with Crippen LogP contribution in [0.15, 0.2) is 24.3 Å². The van der Waals surface area contributed by atoms with Crippen LogP contribution in [0, 0.1) is 0 Å². The Kier molecular flexibility index (Phi) is 6.10. The number of anilines is 1. The van der Waals surface area contributed by atoms with Gasteiger partial charge in [0, 0.05) is 28.3 Å². The topological polar surface area (TPSA) is 41.1 Å². The third kappa shape index (κ3) is 4.67. The van der Waals surface area contributed by atoms with E-state index in [-0.39, 0.29) is 11.9 Å². The molecule has 1 aliphatic carbocycles. The van der Waals surface area contributed by atoms with E-state index in [1.165, 1.54) is 37.7 Å². The molecule has 2 aliphatic rings. The molecule has 0 bridgehead atoms. The van der Waals surface area contributed by atoms with Gasteiger partial charge in [0.25, 0.3) is 0 Å². The minimum Gasteiger partial charge on any atom is -0.325 e. The molecule has 1 amide bonds. The van der Waals surface area contributed by atoms with Gasteiger partial charge >= 0.3 is 0 Å². The fraction of sp³-hybridized carbons (Fsp3) is 0.588. The summed E-state index contributed by atoms with van der Waals surface area (Å²) in [6, 6.07) is 8.26. The number of benzene rings is 1. The van der Waals surface area contributed by atoms with Crippen molar-refractivity contribution in [2.24, 2.45) is 0 Å². The number of amides is 1. The van der Waals surface area contributed by atoms with Gasteiger partial charge in [-0.25, -0.2) is 0 Å². The number of rotatable bonds is 5. The van der Waals surface area contributed by atoms with Crippen LogP contribution >= 0.6 is 23.5 Å². The zero-order valence-corrected chi connectivity index (χ0v) is 14.5. The number of nitrogens with one attached hydrogen (secondary N) is 2. The predicted molar refractivity (Wildman–Crippen MR) is 97.5 cm³/mol. The summed E-state index contributed by atoms with van der Waals surface area (Å²) in [5, 5.41) is 7.07. The molecule has 1 aliphatic heterocycles. The fourth-order valence-corrected chi connectivity index (χ4v) is 5.19. The molecular weight excluding hydrogens is 312 g/mol. The molecule has 2 N–H and O–H groups in total. The monoisotopic (exact) mass is 336 g/mol. The molecule has 0 aromatic heterocycles. The lowest BCUT2D eigenvalue weighted by Crippen LogP contribution is -2.37. The van der Waals surface area contributed by atoms with Crippen molar-refractivity contribution in [3.05, 3.63) is 29.8 Å². The van der Waals surface area contributed by atoms with E-state index < -0.39 is 0 Å². The zero-order chi connectivity index (χ0) is 15.2. The van der Waals surface area contributed by atoms with Crippen molar-refractivity contribution >= 4 is 35.1 Å². The van der Waals surface area contributed by atoms with Crippen LogP contribution in [0.25, 0.3) is 0 Å². The average Bonchev–Trinajstić information content (AvgIpc) is 3.09. The van der Waals surface area contributed by atoms with E-state index in [4.69, 9.17) is 0 Å². The highest BCUT2D eigenvalue weighted by Crippen LogP contribution is 2.30. The lowest BCUT2D eigenvalue weighted by molar-refractivity contribution is -0.117. The van der Waals surface area contributed by atoms with Crippen LogP contribution in [0.4, 0.5) is 5.69 Å². The molecule has 5 heteroatoms. The Morgan fingerprint density at radius 3 is 2.95 bits per heavy atom. The Morgan fingerprint density at radius 2 is 2.18 bits per heavy atom. The maximum Gasteiger partial charge on any atom is 0.242 e. The van der Waals surface area contributed by atoms with Crippen LogP contribution in [0.3, 0.4) is 0 Å². The molecule has 3 nitrogen and oxygen atoms in total. The van der Waals surface area contributed by atoms with Gasteiger partial charge in [-0.15, -0.1) is 11.8 Å². The van der Waals surface area contributed by atoms with Gasteiger partial charge in [0.1, 0.15) is 0 Å².